The van der Waals surface area contributed by atoms with E-state index >= 15 is 0 Å². The molecule has 234 valence electrons. The summed E-state index contributed by atoms with van der Waals surface area (Å²) in [6.45, 7) is 14.8. The first-order chi connectivity index (χ1) is 22.5. The largest absolute Gasteiger partial charge is 0.436 e. The molecule has 8 rings (SSSR count). The van der Waals surface area contributed by atoms with Gasteiger partial charge in [-0.2, -0.15) is 0 Å². The van der Waals surface area contributed by atoms with Crippen LogP contribution in [0.5, 0.6) is 5.75 Å². The molecular formula is C35H34N6O5. The van der Waals surface area contributed by atoms with E-state index in [1.807, 2.05) is 25.1 Å². The molecular weight excluding hydrogens is 584 g/mol. The van der Waals surface area contributed by atoms with Crippen molar-refractivity contribution in [2.24, 2.45) is 0 Å². The van der Waals surface area contributed by atoms with Gasteiger partial charge >= 0.3 is 0 Å². The number of hydrogen-bond acceptors (Lipinski definition) is 8. The standard InChI is InChI=1S/C21H18N4O2.C14H16N2O3/c1-13-23-17-11-14(3-5-19(17)25(13)16-7-9-26-10-8-16)21-24-18-12-15(22-2)4-6-20(18)27-21;1-10-15-13-8-12(19-9-17)2-3-14(13)16(10)11-4-6-18-7-5-11/h3-6,11-12,16H,7-10H2,1H3;2-3,8-9,11H,4-7H2,1H3. The van der Waals surface area contributed by atoms with Crippen LogP contribution in [-0.2, 0) is 14.3 Å². The van der Waals surface area contributed by atoms with Gasteiger partial charge in [0.05, 0.1) is 34.2 Å². The molecule has 2 aliphatic heterocycles. The normalized spacial score (nSPS) is 15.9. The maximum Gasteiger partial charge on any atom is 0.298 e. The molecule has 0 bridgehead atoms. The van der Waals surface area contributed by atoms with Crippen molar-refractivity contribution in [3.63, 3.8) is 0 Å². The van der Waals surface area contributed by atoms with Crippen molar-refractivity contribution in [3.05, 3.63) is 77.7 Å². The predicted octanol–water partition coefficient (Wildman–Crippen LogP) is 7.29. The van der Waals surface area contributed by atoms with Gasteiger partial charge in [-0.1, -0.05) is 6.07 Å². The van der Waals surface area contributed by atoms with Crippen molar-refractivity contribution in [1.82, 2.24) is 24.1 Å². The van der Waals surface area contributed by atoms with E-state index in [0.29, 0.717) is 47.0 Å². The summed E-state index contributed by atoms with van der Waals surface area (Å²) in [5.74, 6) is 3.09. The third kappa shape index (κ3) is 5.73. The van der Waals surface area contributed by atoms with E-state index in [4.69, 9.17) is 30.2 Å². The number of carbonyl (C=O) groups is 1. The van der Waals surface area contributed by atoms with Gasteiger partial charge in [-0.25, -0.2) is 19.8 Å². The minimum atomic E-state index is 0.434. The topological polar surface area (TPSA) is 111 Å². The summed E-state index contributed by atoms with van der Waals surface area (Å²) in [7, 11) is 0. The minimum Gasteiger partial charge on any atom is -0.436 e. The molecule has 0 unspecified atom stereocenters. The van der Waals surface area contributed by atoms with Gasteiger partial charge in [0.15, 0.2) is 11.3 Å². The zero-order valence-electron chi connectivity index (χ0n) is 25.8. The van der Waals surface area contributed by atoms with Crippen LogP contribution in [0, 0.1) is 20.4 Å². The van der Waals surface area contributed by atoms with Crippen LogP contribution >= 0.6 is 0 Å². The first-order valence-electron chi connectivity index (χ1n) is 15.5. The fraction of sp³-hybridized carbons (Fsp3) is 0.343. The lowest BCUT2D eigenvalue weighted by Crippen LogP contribution is -2.20. The van der Waals surface area contributed by atoms with Gasteiger partial charge in [-0.15, -0.1) is 0 Å². The summed E-state index contributed by atoms with van der Waals surface area (Å²) in [5.41, 5.74) is 6.85. The highest BCUT2D eigenvalue weighted by molar-refractivity contribution is 5.84. The lowest BCUT2D eigenvalue weighted by atomic mass is 10.1. The van der Waals surface area contributed by atoms with E-state index in [2.05, 4.69) is 36.9 Å². The van der Waals surface area contributed by atoms with Gasteiger partial charge in [-0.05, 0) is 82.0 Å². The SMILES string of the molecule is Cc1nc2cc(OC=O)ccc2n1C1CCOCC1.[C-]#[N+]c1ccc2oc(-c3ccc4c(c3)nc(C)n4C3CCOCC3)nc2c1. The summed E-state index contributed by atoms with van der Waals surface area (Å²) in [4.78, 5) is 27.7. The second kappa shape index (κ2) is 12.7. The smallest absolute Gasteiger partial charge is 0.298 e. The monoisotopic (exact) mass is 618 g/mol. The number of carbonyl (C=O) groups excluding carboxylic acids is 1. The maximum absolute atomic E-state index is 10.4. The Morgan fingerprint density at radius 2 is 1.39 bits per heavy atom. The van der Waals surface area contributed by atoms with Crippen molar-refractivity contribution in [2.45, 2.75) is 51.6 Å². The summed E-state index contributed by atoms with van der Waals surface area (Å²) >= 11 is 0. The quantitative estimate of drug-likeness (QED) is 0.146. The fourth-order valence-corrected chi connectivity index (χ4v) is 6.60. The number of aromatic nitrogens is 5. The molecule has 0 atom stereocenters. The van der Waals surface area contributed by atoms with Crippen molar-refractivity contribution < 1.29 is 23.4 Å². The van der Waals surface area contributed by atoms with E-state index in [1.165, 1.54) is 0 Å². The van der Waals surface area contributed by atoms with E-state index in [0.717, 1.165) is 91.4 Å². The summed E-state index contributed by atoms with van der Waals surface area (Å²) < 4.78 is 26.3. The second-order valence-corrected chi connectivity index (χ2v) is 11.6. The number of ether oxygens (including phenoxy) is 3. The molecule has 6 aromatic rings. The van der Waals surface area contributed by atoms with E-state index < -0.39 is 0 Å². The average molecular weight is 619 g/mol. The molecule has 0 saturated carbocycles. The first kappa shape index (κ1) is 29.6. The lowest BCUT2D eigenvalue weighted by Gasteiger charge is -2.25. The lowest BCUT2D eigenvalue weighted by molar-refractivity contribution is -0.120. The van der Waals surface area contributed by atoms with Crippen LogP contribution in [-0.4, -0.2) is 57.0 Å². The molecule has 2 aliphatic rings. The van der Waals surface area contributed by atoms with Gasteiger partial charge in [0.2, 0.25) is 5.89 Å². The zero-order valence-corrected chi connectivity index (χ0v) is 25.8. The Balaban J connectivity index is 0.000000157. The van der Waals surface area contributed by atoms with Crippen LogP contribution in [0.3, 0.4) is 0 Å². The van der Waals surface area contributed by atoms with Crippen molar-refractivity contribution in [2.75, 3.05) is 26.4 Å². The molecule has 0 aliphatic carbocycles. The van der Waals surface area contributed by atoms with Crippen molar-refractivity contribution >= 4 is 45.3 Å². The van der Waals surface area contributed by atoms with Gasteiger partial charge in [0.25, 0.3) is 6.47 Å². The van der Waals surface area contributed by atoms with Gasteiger partial charge in [-0.3, -0.25) is 4.79 Å². The molecule has 11 heteroatoms. The minimum absolute atomic E-state index is 0.434. The number of imidazole rings is 2. The zero-order chi connectivity index (χ0) is 31.6. The summed E-state index contributed by atoms with van der Waals surface area (Å²) in [6.07, 6.45) is 4.06. The molecule has 3 aromatic heterocycles. The predicted molar refractivity (Wildman–Crippen MR) is 173 cm³/mol. The first-order valence-corrected chi connectivity index (χ1v) is 15.5. The molecule has 5 heterocycles. The molecule has 11 nitrogen and oxygen atoms in total. The Hall–Kier alpha value is -5.05. The summed E-state index contributed by atoms with van der Waals surface area (Å²) in [5, 5.41) is 0. The number of oxazole rings is 1. The van der Waals surface area contributed by atoms with Crippen LogP contribution in [0.15, 0.2) is 59.0 Å². The Kier molecular flexibility index (Phi) is 8.22. The number of aryl methyl sites for hydroxylation is 2. The van der Waals surface area contributed by atoms with E-state index in [9.17, 15) is 4.79 Å². The number of fused-ring (bicyclic) bond motifs is 3. The number of rotatable bonds is 5. The van der Waals surface area contributed by atoms with Crippen LogP contribution in [0.2, 0.25) is 0 Å². The van der Waals surface area contributed by atoms with Crippen LogP contribution < -0.4 is 4.74 Å². The summed E-state index contributed by atoms with van der Waals surface area (Å²) in [6, 6.07) is 17.9. The molecule has 2 fully saturated rings. The Morgan fingerprint density at radius 3 is 2.00 bits per heavy atom. The third-order valence-electron chi connectivity index (χ3n) is 8.75. The highest BCUT2D eigenvalue weighted by Gasteiger charge is 2.22. The Morgan fingerprint density at radius 1 is 0.783 bits per heavy atom. The van der Waals surface area contributed by atoms with Crippen LogP contribution in [0.4, 0.5) is 5.69 Å². The molecule has 2 saturated heterocycles. The number of hydrogen-bond donors (Lipinski definition) is 0. The number of benzene rings is 3. The van der Waals surface area contributed by atoms with Gasteiger partial charge < -0.3 is 27.8 Å². The number of nitrogens with zero attached hydrogens (tertiary/aromatic N) is 6. The maximum atomic E-state index is 10.4. The van der Waals surface area contributed by atoms with E-state index in [1.54, 1.807) is 30.3 Å². The average Bonchev–Trinajstić information content (AvgIpc) is 3.76. The third-order valence-corrected chi connectivity index (χ3v) is 8.75. The molecule has 3 aromatic carbocycles. The van der Waals surface area contributed by atoms with Gasteiger partial charge in [0, 0.05) is 50.1 Å². The second-order valence-electron chi connectivity index (χ2n) is 11.6. The fourth-order valence-electron chi connectivity index (χ4n) is 6.60. The van der Waals surface area contributed by atoms with Gasteiger partial charge in [0.1, 0.15) is 17.4 Å². The molecule has 0 radical (unpaired) electrons. The molecule has 0 spiro atoms. The van der Waals surface area contributed by atoms with Crippen molar-refractivity contribution in [3.8, 4) is 17.2 Å². The highest BCUT2D eigenvalue weighted by Crippen LogP contribution is 2.33. The molecule has 0 amide bonds. The Labute approximate surface area is 265 Å². The molecule has 46 heavy (non-hydrogen) atoms. The van der Waals surface area contributed by atoms with Crippen molar-refractivity contribution in [1.29, 1.82) is 0 Å². The Bertz CT molecular complexity index is 2070. The van der Waals surface area contributed by atoms with E-state index in [-0.39, 0.29) is 0 Å². The molecule has 0 N–H and O–H groups in total. The van der Waals surface area contributed by atoms with Crippen LogP contribution in [0.1, 0.15) is 49.4 Å². The van der Waals surface area contributed by atoms with Crippen LogP contribution in [0.25, 0.3) is 49.5 Å². The highest BCUT2D eigenvalue weighted by atomic mass is 16.5.